The summed E-state index contributed by atoms with van der Waals surface area (Å²) >= 11 is 0. The molecule has 1 aliphatic heterocycles. The number of nitro benzene ring substituents is 1. The SMILES string of the molecule is O=[N+]([O-])c1ccccc1S(=O)(=O)Nc1ccc(-c2cnc3n2CCC3)cc1. The number of para-hydroxylation sites is 1. The second-order valence-corrected chi connectivity index (χ2v) is 7.87. The van der Waals surface area contributed by atoms with E-state index < -0.39 is 20.6 Å². The van der Waals surface area contributed by atoms with E-state index in [4.69, 9.17) is 0 Å². The molecule has 9 heteroatoms. The van der Waals surface area contributed by atoms with Gasteiger partial charge in [-0.2, -0.15) is 0 Å². The smallest absolute Gasteiger partial charge is 0.289 e. The van der Waals surface area contributed by atoms with Crippen LogP contribution in [0.15, 0.2) is 59.6 Å². The van der Waals surface area contributed by atoms with Crippen LogP contribution in [0.5, 0.6) is 0 Å². The second-order valence-electron chi connectivity index (χ2n) is 6.22. The zero-order valence-corrected chi connectivity index (χ0v) is 15.0. The van der Waals surface area contributed by atoms with Gasteiger partial charge in [-0.1, -0.05) is 24.3 Å². The summed E-state index contributed by atoms with van der Waals surface area (Å²) in [7, 11) is -4.07. The molecule has 0 spiro atoms. The van der Waals surface area contributed by atoms with Gasteiger partial charge in [0.2, 0.25) is 0 Å². The van der Waals surface area contributed by atoms with Gasteiger partial charge < -0.3 is 4.57 Å². The fourth-order valence-corrected chi connectivity index (χ4v) is 4.48. The highest BCUT2D eigenvalue weighted by molar-refractivity contribution is 7.92. The van der Waals surface area contributed by atoms with Crippen molar-refractivity contribution >= 4 is 21.4 Å². The van der Waals surface area contributed by atoms with Crippen LogP contribution in [0, 0.1) is 10.1 Å². The summed E-state index contributed by atoms with van der Waals surface area (Å²) in [6.45, 7) is 0.927. The van der Waals surface area contributed by atoms with Gasteiger partial charge in [-0.05, 0) is 30.2 Å². The molecular weight excluding hydrogens is 368 g/mol. The summed E-state index contributed by atoms with van der Waals surface area (Å²) in [6.07, 6.45) is 3.86. The van der Waals surface area contributed by atoms with Crippen LogP contribution in [0.4, 0.5) is 11.4 Å². The Morgan fingerprint density at radius 2 is 1.85 bits per heavy atom. The number of nitrogens with one attached hydrogen (secondary N) is 1. The number of fused-ring (bicyclic) bond motifs is 1. The minimum absolute atomic E-state index is 0.332. The summed E-state index contributed by atoms with van der Waals surface area (Å²) in [5.74, 6) is 1.06. The van der Waals surface area contributed by atoms with E-state index in [0.717, 1.165) is 42.5 Å². The molecule has 0 aliphatic carbocycles. The van der Waals surface area contributed by atoms with E-state index >= 15 is 0 Å². The Labute approximate surface area is 155 Å². The van der Waals surface area contributed by atoms with Crippen LogP contribution in [-0.4, -0.2) is 22.9 Å². The van der Waals surface area contributed by atoms with Crippen LogP contribution in [0.2, 0.25) is 0 Å². The van der Waals surface area contributed by atoms with Crippen molar-refractivity contribution in [2.24, 2.45) is 0 Å². The van der Waals surface area contributed by atoms with Crippen molar-refractivity contribution in [3.63, 3.8) is 0 Å². The Kier molecular flexibility index (Phi) is 4.15. The number of anilines is 1. The van der Waals surface area contributed by atoms with Gasteiger partial charge in [0.25, 0.3) is 15.7 Å². The first-order chi connectivity index (χ1) is 13.0. The van der Waals surface area contributed by atoms with Gasteiger partial charge in [0.05, 0.1) is 16.8 Å². The van der Waals surface area contributed by atoms with E-state index in [1.807, 2.05) is 6.20 Å². The molecule has 1 N–H and O–H groups in total. The van der Waals surface area contributed by atoms with Gasteiger partial charge >= 0.3 is 0 Å². The van der Waals surface area contributed by atoms with Gasteiger partial charge in [0.1, 0.15) is 5.82 Å². The van der Waals surface area contributed by atoms with Crippen LogP contribution in [0.25, 0.3) is 11.3 Å². The predicted molar refractivity (Wildman–Crippen MR) is 99.9 cm³/mol. The third kappa shape index (κ3) is 3.17. The lowest BCUT2D eigenvalue weighted by Gasteiger charge is -2.10. The maximum absolute atomic E-state index is 12.6. The monoisotopic (exact) mass is 384 g/mol. The van der Waals surface area contributed by atoms with Crippen LogP contribution in [0.3, 0.4) is 0 Å². The molecule has 0 atom stereocenters. The number of imidazole rings is 1. The van der Waals surface area contributed by atoms with E-state index in [9.17, 15) is 18.5 Å². The molecule has 1 aromatic heterocycles. The van der Waals surface area contributed by atoms with Gasteiger partial charge in [-0.3, -0.25) is 14.8 Å². The summed E-state index contributed by atoms with van der Waals surface area (Å²) < 4.78 is 29.7. The number of hydrogen-bond acceptors (Lipinski definition) is 5. The molecule has 27 heavy (non-hydrogen) atoms. The molecule has 2 aromatic carbocycles. The summed E-state index contributed by atoms with van der Waals surface area (Å²) in [5, 5.41) is 11.1. The Hall–Kier alpha value is -3.20. The minimum Gasteiger partial charge on any atom is -0.328 e. The first-order valence-corrected chi connectivity index (χ1v) is 9.85. The highest BCUT2D eigenvalue weighted by Crippen LogP contribution is 2.28. The average molecular weight is 384 g/mol. The van der Waals surface area contributed by atoms with Crippen LogP contribution in [0.1, 0.15) is 12.2 Å². The highest BCUT2D eigenvalue weighted by Gasteiger charge is 2.25. The molecule has 2 heterocycles. The molecule has 0 radical (unpaired) electrons. The third-order valence-corrected chi connectivity index (χ3v) is 5.93. The number of benzene rings is 2. The van der Waals surface area contributed by atoms with Gasteiger partial charge in [-0.15, -0.1) is 0 Å². The first-order valence-electron chi connectivity index (χ1n) is 8.37. The van der Waals surface area contributed by atoms with Crippen molar-refractivity contribution in [1.29, 1.82) is 0 Å². The predicted octanol–water partition coefficient (Wildman–Crippen LogP) is 3.21. The molecule has 0 fully saturated rings. The molecule has 0 unspecified atom stereocenters. The second kappa shape index (κ2) is 6.51. The molecular formula is C18H16N4O4S. The van der Waals surface area contributed by atoms with E-state index in [1.165, 1.54) is 18.2 Å². The van der Waals surface area contributed by atoms with Crippen molar-refractivity contribution in [3.8, 4) is 11.3 Å². The Bertz CT molecular complexity index is 1120. The number of nitro groups is 1. The number of aromatic nitrogens is 2. The third-order valence-electron chi connectivity index (χ3n) is 4.50. The fourth-order valence-electron chi connectivity index (χ4n) is 3.24. The Morgan fingerprint density at radius 1 is 1.11 bits per heavy atom. The van der Waals surface area contributed by atoms with Crippen molar-refractivity contribution in [1.82, 2.24) is 9.55 Å². The topological polar surface area (TPSA) is 107 Å². The number of hydrogen-bond donors (Lipinski definition) is 1. The zero-order chi connectivity index (χ0) is 19.0. The lowest BCUT2D eigenvalue weighted by molar-refractivity contribution is -0.387. The van der Waals surface area contributed by atoms with Gasteiger partial charge in [0.15, 0.2) is 4.90 Å². The fraction of sp³-hybridized carbons (Fsp3) is 0.167. The lowest BCUT2D eigenvalue weighted by Crippen LogP contribution is -2.14. The Morgan fingerprint density at radius 3 is 2.59 bits per heavy atom. The van der Waals surface area contributed by atoms with Crippen LogP contribution >= 0.6 is 0 Å². The quantitative estimate of drug-likeness (QED) is 0.537. The molecule has 4 rings (SSSR count). The van der Waals surface area contributed by atoms with E-state index in [-0.39, 0.29) is 4.90 Å². The number of sulfonamides is 1. The molecule has 3 aromatic rings. The normalized spacial score (nSPS) is 13.3. The minimum atomic E-state index is -4.07. The maximum Gasteiger partial charge on any atom is 0.289 e. The average Bonchev–Trinajstić information content (AvgIpc) is 3.26. The van der Waals surface area contributed by atoms with Gasteiger partial charge in [0, 0.05) is 24.7 Å². The molecule has 8 nitrogen and oxygen atoms in total. The van der Waals surface area contributed by atoms with Crippen LogP contribution in [-0.2, 0) is 23.0 Å². The maximum atomic E-state index is 12.6. The summed E-state index contributed by atoms with van der Waals surface area (Å²) in [5.41, 5.74) is 1.80. The summed E-state index contributed by atoms with van der Waals surface area (Å²) in [6, 6.07) is 12.1. The Balaban J connectivity index is 1.61. The van der Waals surface area contributed by atoms with Crippen LogP contribution < -0.4 is 4.72 Å². The molecule has 0 amide bonds. The first kappa shape index (κ1) is 17.2. The van der Waals surface area contributed by atoms with Crippen molar-refractivity contribution in [2.75, 3.05) is 4.72 Å². The van der Waals surface area contributed by atoms with E-state index in [2.05, 4.69) is 14.3 Å². The van der Waals surface area contributed by atoms with E-state index in [0.29, 0.717) is 5.69 Å². The van der Waals surface area contributed by atoms with Crippen molar-refractivity contribution in [3.05, 3.63) is 70.7 Å². The number of rotatable bonds is 5. The zero-order valence-electron chi connectivity index (χ0n) is 14.2. The summed E-state index contributed by atoms with van der Waals surface area (Å²) in [4.78, 5) is 14.4. The standard InChI is InChI=1S/C18H16N4O4S/c23-22(24)15-4-1-2-5-17(15)27(25,26)20-14-9-7-13(8-10-14)16-12-19-18-6-3-11-21(16)18/h1-2,4-5,7-10,12,20H,3,6,11H2. The largest absolute Gasteiger partial charge is 0.328 e. The molecule has 1 aliphatic rings. The molecule has 0 bridgehead atoms. The van der Waals surface area contributed by atoms with Crippen molar-refractivity contribution < 1.29 is 13.3 Å². The van der Waals surface area contributed by atoms with Crippen molar-refractivity contribution in [2.45, 2.75) is 24.3 Å². The number of nitrogens with zero attached hydrogens (tertiary/aromatic N) is 3. The lowest BCUT2D eigenvalue weighted by atomic mass is 10.1. The molecule has 0 saturated carbocycles. The number of aryl methyl sites for hydroxylation is 1. The van der Waals surface area contributed by atoms with Gasteiger partial charge in [-0.25, -0.2) is 13.4 Å². The molecule has 138 valence electrons. The van der Waals surface area contributed by atoms with E-state index in [1.54, 1.807) is 24.3 Å². The highest BCUT2D eigenvalue weighted by atomic mass is 32.2. The molecule has 0 saturated heterocycles.